The van der Waals surface area contributed by atoms with Crippen LogP contribution in [0, 0.1) is 38.7 Å². The summed E-state index contributed by atoms with van der Waals surface area (Å²) in [5.41, 5.74) is 20.8. The predicted molar refractivity (Wildman–Crippen MR) is 708 cm³/mol. The molecular formula is C146H231FSiY-2. The van der Waals surface area contributed by atoms with Crippen molar-refractivity contribution in [2.45, 2.75) is 387 Å². The number of benzene rings is 16. The summed E-state index contributed by atoms with van der Waals surface area (Å²) in [4.78, 5) is 0. The zero-order valence-electron chi connectivity index (χ0n) is 107. The molecule has 0 nitrogen and oxygen atoms in total. The van der Waals surface area contributed by atoms with E-state index in [0.29, 0.717) is 0 Å². The molecule has 0 heterocycles. The molecule has 3 heteroatoms. The van der Waals surface area contributed by atoms with Crippen molar-refractivity contribution in [2.24, 2.45) is 0 Å². The molecule has 16 rings (SSSR count). The molecule has 0 fully saturated rings. The Morgan fingerprint density at radius 2 is 0.403 bits per heavy atom. The second-order valence-electron chi connectivity index (χ2n) is 25.4. The van der Waals surface area contributed by atoms with Crippen molar-refractivity contribution in [1.29, 1.82) is 0 Å². The van der Waals surface area contributed by atoms with Gasteiger partial charge in [-0.15, -0.1) is 23.8 Å². The van der Waals surface area contributed by atoms with Crippen molar-refractivity contribution < 1.29 is 37.1 Å². The molecule has 0 saturated heterocycles. The molecule has 16 aromatic carbocycles. The molecule has 16 aromatic rings. The number of hydrogen-bond acceptors (Lipinski definition) is 0. The molecule has 0 N–H and O–H groups in total. The molecule has 1 radical (unpaired) electrons. The smallest absolute Gasteiger partial charge is 0.123 e. The van der Waals surface area contributed by atoms with E-state index in [9.17, 15) is 4.39 Å². The van der Waals surface area contributed by atoms with Crippen LogP contribution in [0.2, 0.25) is 19.6 Å². The summed E-state index contributed by atoms with van der Waals surface area (Å²) in [5, 5.41) is 9.32. The molecule has 831 valence electrons. The van der Waals surface area contributed by atoms with Crippen molar-refractivity contribution in [2.75, 3.05) is 0 Å². The molecule has 0 amide bonds. The third kappa shape index (κ3) is 81.1. The fraction of sp³-hybridized carbons (Fsp3) is 0.384. The Bertz CT molecular complexity index is 4900. The maximum Gasteiger partial charge on any atom is 0.123 e. The van der Waals surface area contributed by atoms with Crippen molar-refractivity contribution >= 4 is 45.6 Å². The van der Waals surface area contributed by atoms with Gasteiger partial charge in [-0.25, -0.2) is 9.95 Å². The van der Waals surface area contributed by atoms with Crippen LogP contribution in [0.3, 0.4) is 0 Å². The van der Waals surface area contributed by atoms with E-state index in [0.717, 1.165) is 27.8 Å². The van der Waals surface area contributed by atoms with Gasteiger partial charge in [0, 0.05) is 32.7 Å². The molecule has 149 heavy (non-hydrogen) atoms. The molecule has 0 aromatic heterocycles. The molecule has 0 aliphatic heterocycles. The SMILES string of the molecule is CC.CC.CC.CC.CC.CC.CC.CC.CC.CC.CC.CC.CC.CC.CC.CC.CC.CC.CC.CC.CC.CC.CC.CC.CC.C[Si](C)(C)c1ccc(-c2ccccc2)cc1.Cc1ccc(-c2ccc3ccccc3c2)cc1.Cc1ccc(-c2ccc3ccccc3c2)cc1.Cc1ccc(-c2cccc3ccccc23)cc1.Fc1ccc(-c2ccccc2)cc1.[Y].[c-]1ccccc1-c1[c-]c(-c2ccccc2)ccc1. The minimum Gasteiger partial charge on any atom is -0.209 e. The summed E-state index contributed by atoms with van der Waals surface area (Å²) >= 11 is 0. The van der Waals surface area contributed by atoms with Crippen LogP contribution in [0.4, 0.5) is 4.39 Å². The van der Waals surface area contributed by atoms with E-state index in [1.165, 1.54) is 116 Å². The van der Waals surface area contributed by atoms with Crippen molar-refractivity contribution in [3.63, 3.8) is 0 Å². The van der Waals surface area contributed by atoms with Crippen LogP contribution in [0.15, 0.2) is 382 Å². The second-order valence-corrected chi connectivity index (χ2v) is 30.5. The third-order valence-corrected chi connectivity index (χ3v) is 19.2. The van der Waals surface area contributed by atoms with Crippen molar-refractivity contribution in [3.8, 4) is 77.9 Å². The molecule has 0 aliphatic rings. The van der Waals surface area contributed by atoms with E-state index in [2.05, 4.69) is 344 Å². The van der Waals surface area contributed by atoms with E-state index in [1.54, 1.807) is 12.1 Å². The Morgan fingerprint density at radius 1 is 0.174 bits per heavy atom. The van der Waals surface area contributed by atoms with Crippen LogP contribution in [0.1, 0.15) is 363 Å². The molecular weight excluding hydrogens is 1890 g/mol. The van der Waals surface area contributed by atoms with Gasteiger partial charge in [-0.3, -0.25) is 0 Å². The van der Waals surface area contributed by atoms with Crippen molar-refractivity contribution in [1.82, 2.24) is 0 Å². The summed E-state index contributed by atoms with van der Waals surface area (Å²) in [6.45, 7) is 113. The number of aryl methyl sites for hydroxylation is 3. The standard InChI is InChI=1S/C18H12.3C17H14.C15H18Si.C12H9F.25C2H6.Y/c1-3-8-15(9-4-1)17-12-7-13-18(14-17)16-10-5-2-6-11-16;1-13-9-11-15(12-10-13)17-8-4-6-14-5-2-3-7-16(14)17;2*1-13-6-8-15(9-7-13)17-11-10-14-4-2-3-5-16(14)12-17;1-16(2,3)15-11-9-14(10-12-15)13-7-5-4-6-8-13;13-12-8-6-11(7-9-12)10-4-2-1-3-5-10;25*1-2;/h1-10,12-13H;3*2-12H,1H3;4-12H,1-3H3;1-9H;25*1-2H3;/q-2;;;;;;;;;;;;;;;;;;;;;;;;;;;;;;;. The van der Waals surface area contributed by atoms with Gasteiger partial charge < -0.3 is 0 Å². The van der Waals surface area contributed by atoms with Crippen LogP contribution >= 0.6 is 0 Å². The van der Waals surface area contributed by atoms with Crippen LogP contribution in [0.5, 0.6) is 0 Å². The first-order chi connectivity index (χ1) is 72.9. The summed E-state index contributed by atoms with van der Waals surface area (Å²) in [5.74, 6) is -0.195. The Balaban J connectivity index is -0.0000000936. The van der Waals surface area contributed by atoms with E-state index >= 15 is 0 Å². The predicted octanol–water partition coefficient (Wildman–Crippen LogP) is 52.1. The van der Waals surface area contributed by atoms with Crippen LogP contribution in [-0.4, -0.2) is 8.07 Å². The van der Waals surface area contributed by atoms with Gasteiger partial charge in [0.25, 0.3) is 0 Å². The van der Waals surface area contributed by atoms with Gasteiger partial charge >= 0.3 is 0 Å². The Morgan fingerprint density at radius 3 is 0.718 bits per heavy atom. The minimum atomic E-state index is -1.16. The zero-order chi connectivity index (χ0) is 118. The number of halogens is 1. The molecule has 0 unspecified atom stereocenters. The first-order valence-corrected chi connectivity index (χ1v) is 62.1. The van der Waals surface area contributed by atoms with E-state index < -0.39 is 8.07 Å². The quantitative estimate of drug-likeness (QED) is 0.105. The Hall–Kier alpha value is -10.4. The van der Waals surface area contributed by atoms with Gasteiger partial charge in [-0.1, -0.05) is 709 Å². The number of rotatable bonds is 8. The summed E-state index contributed by atoms with van der Waals surface area (Å²) in [6, 6.07) is 138. The minimum absolute atomic E-state index is 0. The van der Waals surface area contributed by atoms with Crippen molar-refractivity contribution in [3.05, 3.63) is 417 Å². The normalized spacial score (nSPS) is 7.98. The van der Waals surface area contributed by atoms with Crippen LogP contribution in [0.25, 0.3) is 110 Å². The Labute approximate surface area is 956 Å². The molecule has 0 aliphatic carbocycles. The first kappa shape index (κ1) is 175. The maximum absolute atomic E-state index is 12.6. The number of hydrogen-bond donors (Lipinski definition) is 0. The monoisotopic (exact) mass is 2120 g/mol. The van der Waals surface area contributed by atoms with Gasteiger partial charge in [-0.05, 0) is 133 Å². The van der Waals surface area contributed by atoms with E-state index in [1.807, 2.05) is 413 Å². The molecule has 0 bridgehead atoms. The van der Waals surface area contributed by atoms with E-state index in [-0.39, 0.29) is 38.5 Å². The first-order valence-electron chi connectivity index (χ1n) is 58.6. The molecule has 0 spiro atoms. The largest absolute Gasteiger partial charge is 0.209 e. The van der Waals surface area contributed by atoms with E-state index in [4.69, 9.17) is 0 Å². The van der Waals surface area contributed by atoms with Gasteiger partial charge in [0.1, 0.15) is 5.82 Å². The zero-order valence-corrected chi connectivity index (χ0v) is 111. The average Bonchev–Trinajstić information content (AvgIpc) is 0.801. The third-order valence-electron chi connectivity index (χ3n) is 17.1. The maximum atomic E-state index is 12.6. The second kappa shape index (κ2) is 140. The van der Waals surface area contributed by atoms with Crippen LogP contribution < -0.4 is 5.19 Å². The topological polar surface area (TPSA) is 0 Å². The van der Waals surface area contributed by atoms with Gasteiger partial charge in [0.2, 0.25) is 0 Å². The summed E-state index contributed by atoms with van der Waals surface area (Å²) in [7, 11) is -1.16. The Kier molecular flexibility index (Phi) is 164. The van der Waals surface area contributed by atoms with Crippen LogP contribution in [-0.2, 0) is 32.7 Å². The average molecular weight is 2120 g/mol. The summed E-state index contributed by atoms with van der Waals surface area (Å²) < 4.78 is 12.6. The van der Waals surface area contributed by atoms with Gasteiger partial charge in [-0.2, -0.15) is 42.0 Å². The number of fused-ring (bicyclic) bond motifs is 3. The molecule has 0 saturated carbocycles. The fourth-order valence-electron chi connectivity index (χ4n) is 11.5. The molecule has 0 atom stereocenters. The summed E-state index contributed by atoms with van der Waals surface area (Å²) in [6.07, 6.45) is 0. The van der Waals surface area contributed by atoms with Gasteiger partial charge in [0.15, 0.2) is 0 Å². The fourth-order valence-corrected chi connectivity index (χ4v) is 12.6. The van der Waals surface area contributed by atoms with Gasteiger partial charge in [0.05, 0.1) is 8.07 Å².